The maximum absolute atomic E-state index is 11.4. The van der Waals surface area contributed by atoms with Crippen molar-refractivity contribution >= 4 is 43.6 Å². The molecule has 1 atom stereocenters. The molecule has 0 radical (unpaired) electrons. The number of rotatable bonds is 5. The molecule has 0 bridgehead atoms. The van der Waals surface area contributed by atoms with Crippen LogP contribution in [0.2, 0.25) is 0 Å². The summed E-state index contributed by atoms with van der Waals surface area (Å²) < 4.78 is 33.4. The minimum Gasteiger partial charge on any atom is -0.493 e. The average molecular weight is 412 g/mol. The summed E-state index contributed by atoms with van der Waals surface area (Å²) in [6.07, 6.45) is 1.58. The fourth-order valence-corrected chi connectivity index (χ4v) is 4.70. The highest BCUT2D eigenvalue weighted by molar-refractivity contribution is 7.94. The standard InChI is InChI=1S/C16H17N3O4S3/c1-22-13-4-3-10(7-14(13)23-2)12-8-25-16(18-12)19-15(24)17-11-5-6-26(20,21)9-11/h3-8,11H,9H2,1-2H3,(H2,17,18,19,24)/t11-/m0/s1. The molecule has 0 unspecified atom stereocenters. The van der Waals surface area contributed by atoms with Crippen LogP contribution in [0.3, 0.4) is 0 Å². The van der Waals surface area contributed by atoms with Gasteiger partial charge in [-0.15, -0.1) is 11.3 Å². The van der Waals surface area contributed by atoms with E-state index in [1.54, 1.807) is 20.3 Å². The van der Waals surface area contributed by atoms with E-state index in [-0.39, 0.29) is 11.8 Å². The van der Waals surface area contributed by atoms with Gasteiger partial charge < -0.3 is 20.1 Å². The summed E-state index contributed by atoms with van der Waals surface area (Å²) in [5.74, 6) is 1.28. The molecule has 1 aromatic heterocycles. The highest BCUT2D eigenvalue weighted by atomic mass is 32.2. The van der Waals surface area contributed by atoms with Crippen molar-refractivity contribution in [2.75, 3.05) is 25.3 Å². The lowest BCUT2D eigenvalue weighted by molar-refractivity contribution is 0.355. The predicted octanol–water partition coefficient (Wildman–Crippen LogP) is 2.42. The summed E-state index contributed by atoms with van der Waals surface area (Å²) in [6, 6.07) is 5.23. The van der Waals surface area contributed by atoms with Gasteiger partial charge in [-0.1, -0.05) is 0 Å². The summed E-state index contributed by atoms with van der Waals surface area (Å²) >= 11 is 6.62. The van der Waals surface area contributed by atoms with Crippen molar-refractivity contribution in [3.63, 3.8) is 0 Å². The van der Waals surface area contributed by atoms with Crippen LogP contribution in [0.25, 0.3) is 11.3 Å². The molecule has 2 N–H and O–H groups in total. The molecular formula is C16H17N3O4S3. The van der Waals surface area contributed by atoms with Crippen LogP contribution >= 0.6 is 23.6 Å². The minimum absolute atomic E-state index is 0.00355. The monoisotopic (exact) mass is 411 g/mol. The number of ether oxygens (including phenoxy) is 2. The maximum Gasteiger partial charge on any atom is 0.189 e. The van der Waals surface area contributed by atoms with E-state index in [1.165, 1.54) is 16.7 Å². The van der Waals surface area contributed by atoms with Crippen molar-refractivity contribution in [1.29, 1.82) is 0 Å². The third-order valence-corrected chi connectivity index (χ3v) is 6.02. The number of thiazole rings is 1. The minimum atomic E-state index is -3.12. The van der Waals surface area contributed by atoms with Gasteiger partial charge in [0.1, 0.15) is 0 Å². The van der Waals surface area contributed by atoms with Gasteiger partial charge in [-0.3, -0.25) is 0 Å². The fourth-order valence-electron chi connectivity index (χ4n) is 2.43. The van der Waals surface area contributed by atoms with E-state index in [2.05, 4.69) is 15.6 Å². The number of aromatic nitrogens is 1. The number of anilines is 1. The van der Waals surface area contributed by atoms with E-state index in [0.29, 0.717) is 21.7 Å². The fraction of sp³-hybridized carbons (Fsp3) is 0.250. The molecule has 0 spiro atoms. The Kier molecular flexibility index (Phi) is 5.44. The zero-order valence-corrected chi connectivity index (χ0v) is 16.5. The molecule has 0 saturated heterocycles. The van der Waals surface area contributed by atoms with Crippen LogP contribution in [0.5, 0.6) is 11.5 Å². The largest absolute Gasteiger partial charge is 0.493 e. The van der Waals surface area contributed by atoms with Crippen LogP contribution in [0.1, 0.15) is 0 Å². The number of thiocarbonyl (C=S) groups is 1. The van der Waals surface area contributed by atoms with Crippen LogP contribution < -0.4 is 20.1 Å². The summed E-state index contributed by atoms with van der Waals surface area (Å²) in [5.41, 5.74) is 1.65. The SMILES string of the molecule is COc1ccc(-c2csc(NC(=S)N[C@H]3C=CS(=O)(=O)C3)n2)cc1OC. The smallest absolute Gasteiger partial charge is 0.189 e. The summed E-state index contributed by atoms with van der Waals surface area (Å²) in [6.45, 7) is 0. The Morgan fingerprint density at radius 3 is 2.73 bits per heavy atom. The molecule has 1 aromatic carbocycles. The molecule has 26 heavy (non-hydrogen) atoms. The van der Waals surface area contributed by atoms with Gasteiger partial charge in [0.05, 0.1) is 31.7 Å². The van der Waals surface area contributed by atoms with Crippen molar-refractivity contribution in [2.24, 2.45) is 0 Å². The van der Waals surface area contributed by atoms with Gasteiger partial charge in [0, 0.05) is 16.4 Å². The second kappa shape index (κ2) is 7.60. The molecule has 0 amide bonds. The van der Waals surface area contributed by atoms with Crippen molar-refractivity contribution in [1.82, 2.24) is 10.3 Å². The van der Waals surface area contributed by atoms with E-state index in [0.717, 1.165) is 11.3 Å². The van der Waals surface area contributed by atoms with Gasteiger partial charge in [-0.25, -0.2) is 13.4 Å². The van der Waals surface area contributed by atoms with Crippen LogP contribution in [-0.4, -0.2) is 44.5 Å². The molecule has 138 valence electrons. The topological polar surface area (TPSA) is 89.6 Å². The number of benzene rings is 1. The second-order valence-corrected chi connectivity index (χ2v) is 8.67. The normalized spacial score (nSPS) is 17.7. The van der Waals surface area contributed by atoms with Crippen molar-refractivity contribution in [3.05, 3.63) is 35.1 Å². The van der Waals surface area contributed by atoms with Gasteiger partial charge in [-0.05, 0) is 36.5 Å². The molecule has 0 fully saturated rings. The third kappa shape index (κ3) is 4.32. The Morgan fingerprint density at radius 2 is 2.08 bits per heavy atom. The van der Waals surface area contributed by atoms with Crippen LogP contribution in [0.15, 0.2) is 35.1 Å². The number of methoxy groups -OCH3 is 2. The first kappa shape index (κ1) is 18.6. The second-order valence-electron chi connectivity index (χ2n) is 5.47. The first-order valence-electron chi connectivity index (χ1n) is 7.56. The van der Waals surface area contributed by atoms with Gasteiger partial charge in [0.15, 0.2) is 31.6 Å². The van der Waals surface area contributed by atoms with Gasteiger partial charge in [-0.2, -0.15) is 0 Å². The molecule has 2 heterocycles. The molecule has 0 aliphatic carbocycles. The lowest BCUT2D eigenvalue weighted by atomic mass is 10.1. The molecule has 10 heteroatoms. The Bertz CT molecular complexity index is 953. The van der Waals surface area contributed by atoms with E-state index in [1.807, 2.05) is 23.6 Å². The van der Waals surface area contributed by atoms with E-state index in [4.69, 9.17) is 21.7 Å². The average Bonchev–Trinajstić information content (AvgIpc) is 3.20. The predicted molar refractivity (Wildman–Crippen MR) is 107 cm³/mol. The van der Waals surface area contributed by atoms with Crippen molar-refractivity contribution in [3.8, 4) is 22.8 Å². The summed E-state index contributed by atoms with van der Waals surface area (Å²) in [4.78, 5) is 4.50. The summed E-state index contributed by atoms with van der Waals surface area (Å²) in [5, 5.41) is 9.96. The van der Waals surface area contributed by atoms with Crippen LogP contribution in [-0.2, 0) is 9.84 Å². The highest BCUT2D eigenvalue weighted by Crippen LogP contribution is 2.33. The maximum atomic E-state index is 11.4. The molecule has 3 rings (SSSR count). The van der Waals surface area contributed by atoms with Crippen molar-refractivity contribution < 1.29 is 17.9 Å². The molecule has 2 aromatic rings. The lowest BCUT2D eigenvalue weighted by Crippen LogP contribution is -2.38. The molecular weight excluding hydrogens is 394 g/mol. The van der Waals surface area contributed by atoms with Crippen LogP contribution in [0, 0.1) is 0 Å². The van der Waals surface area contributed by atoms with Crippen LogP contribution in [0.4, 0.5) is 5.13 Å². The zero-order valence-electron chi connectivity index (χ0n) is 14.1. The quantitative estimate of drug-likeness (QED) is 0.725. The number of sulfone groups is 1. The zero-order chi connectivity index (χ0) is 18.7. The third-order valence-electron chi connectivity index (χ3n) is 3.65. The van der Waals surface area contributed by atoms with Gasteiger partial charge in [0.25, 0.3) is 0 Å². The molecule has 1 aliphatic rings. The summed E-state index contributed by atoms with van der Waals surface area (Å²) in [7, 11) is 0.0414. The molecule has 1 aliphatic heterocycles. The molecule has 7 nitrogen and oxygen atoms in total. The van der Waals surface area contributed by atoms with Crippen molar-refractivity contribution in [2.45, 2.75) is 6.04 Å². The van der Waals surface area contributed by atoms with Gasteiger partial charge in [0.2, 0.25) is 0 Å². The number of hydrogen-bond donors (Lipinski definition) is 2. The lowest BCUT2D eigenvalue weighted by Gasteiger charge is -2.12. The first-order chi connectivity index (χ1) is 12.4. The van der Waals surface area contributed by atoms with E-state index < -0.39 is 9.84 Å². The Morgan fingerprint density at radius 1 is 1.31 bits per heavy atom. The van der Waals surface area contributed by atoms with Gasteiger partial charge >= 0.3 is 0 Å². The number of hydrogen-bond acceptors (Lipinski definition) is 7. The van der Waals surface area contributed by atoms with E-state index in [9.17, 15) is 8.42 Å². The first-order valence-corrected chi connectivity index (χ1v) is 10.6. The van der Waals surface area contributed by atoms with E-state index >= 15 is 0 Å². The Hall–Kier alpha value is -2.17. The number of nitrogens with zero attached hydrogens (tertiary/aromatic N) is 1. The number of nitrogens with one attached hydrogen (secondary N) is 2. The Labute approximate surface area is 161 Å². The molecule has 0 saturated carbocycles. The Balaban J connectivity index is 1.66. The highest BCUT2D eigenvalue weighted by Gasteiger charge is 2.22.